The van der Waals surface area contributed by atoms with Crippen molar-refractivity contribution in [2.45, 2.75) is 71.6 Å². The second-order valence-electron chi connectivity index (χ2n) is 8.63. The number of nitrogens with zero attached hydrogens (tertiary/aromatic N) is 1. The average Bonchev–Trinajstić information content (AvgIpc) is 2.56. The summed E-state index contributed by atoms with van der Waals surface area (Å²) in [5.74, 6) is 1.92. The van der Waals surface area contributed by atoms with E-state index in [-0.39, 0.29) is 5.41 Å². The van der Waals surface area contributed by atoms with Crippen LogP contribution in [-0.2, 0) is 10.3 Å². The van der Waals surface area contributed by atoms with Crippen molar-refractivity contribution in [3.05, 3.63) is 47.0 Å². The van der Waals surface area contributed by atoms with Crippen LogP contribution in [0.1, 0.15) is 81.5 Å². The second-order valence-corrected chi connectivity index (χ2v) is 8.63. The van der Waals surface area contributed by atoms with Gasteiger partial charge in [0.1, 0.15) is 6.61 Å². The summed E-state index contributed by atoms with van der Waals surface area (Å²) in [6.45, 7) is 15.9. The minimum Gasteiger partial charge on any atom is -0.391 e. The minimum absolute atomic E-state index is 0.269. The molecule has 0 amide bonds. The number of rotatable bonds is 4. The third kappa shape index (κ3) is 3.16. The highest BCUT2D eigenvalue weighted by Gasteiger charge is 2.47. The van der Waals surface area contributed by atoms with Crippen LogP contribution in [0.15, 0.2) is 29.9 Å². The molecule has 3 atom stereocenters. The maximum atomic E-state index is 5.53. The molecule has 0 bridgehead atoms. The fraction of sp³-hybridized carbons (Fsp3) is 0.609. The largest absolute Gasteiger partial charge is 0.391 e. The Hall–Kier alpha value is -1.57. The van der Waals surface area contributed by atoms with Gasteiger partial charge in [0.15, 0.2) is 0 Å². The molecule has 0 spiro atoms. The molecule has 2 aliphatic carbocycles. The molecule has 0 aliphatic heterocycles. The minimum atomic E-state index is 0.269. The SMILES string of the molecule is C=CCO/N=C1\CC2C(C)CCCC2(C)c2cc(C)c(C(C)C)cc21. The Morgan fingerprint density at radius 1 is 1.40 bits per heavy atom. The Kier molecular flexibility index (Phi) is 5.09. The van der Waals surface area contributed by atoms with Crippen LogP contribution in [0.3, 0.4) is 0 Å². The Morgan fingerprint density at radius 2 is 2.16 bits per heavy atom. The van der Waals surface area contributed by atoms with E-state index in [2.05, 4.69) is 58.5 Å². The first kappa shape index (κ1) is 18.2. The zero-order valence-corrected chi connectivity index (χ0v) is 16.6. The highest BCUT2D eigenvalue weighted by atomic mass is 16.6. The first-order valence-electron chi connectivity index (χ1n) is 9.83. The van der Waals surface area contributed by atoms with Gasteiger partial charge >= 0.3 is 0 Å². The van der Waals surface area contributed by atoms with Crippen molar-refractivity contribution in [3.8, 4) is 0 Å². The predicted octanol–water partition coefficient (Wildman–Crippen LogP) is 6.12. The van der Waals surface area contributed by atoms with E-state index in [4.69, 9.17) is 4.84 Å². The number of aryl methyl sites for hydroxylation is 1. The molecule has 3 unspecified atom stereocenters. The van der Waals surface area contributed by atoms with E-state index in [0.29, 0.717) is 18.4 Å². The van der Waals surface area contributed by atoms with Crippen LogP contribution in [-0.4, -0.2) is 12.3 Å². The van der Waals surface area contributed by atoms with Crippen LogP contribution < -0.4 is 0 Å². The van der Waals surface area contributed by atoms with Gasteiger partial charge in [0, 0.05) is 5.56 Å². The van der Waals surface area contributed by atoms with E-state index in [9.17, 15) is 0 Å². The molecule has 2 nitrogen and oxygen atoms in total. The molecule has 136 valence electrons. The van der Waals surface area contributed by atoms with E-state index in [0.717, 1.165) is 18.1 Å². The summed E-state index contributed by atoms with van der Waals surface area (Å²) in [5, 5.41) is 4.55. The van der Waals surface area contributed by atoms with Crippen molar-refractivity contribution in [2.75, 3.05) is 6.61 Å². The monoisotopic (exact) mass is 339 g/mol. The molecule has 0 heterocycles. The van der Waals surface area contributed by atoms with Gasteiger partial charge in [-0.2, -0.15) is 0 Å². The molecule has 25 heavy (non-hydrogen) atoms. The van der Waals surface area contributed by atoms with Crippen molar-refractivity contribution in [2.24, 2.45) is 17.0 Å². The van der Waals surface area contributed by atoms with E-state index >= 15 is 0 Å². The summed E-state index contributed by atoms with van der Waals surface area (Å²) in [7, 11) is 0. The second kappa shape index (κ2) is 6.97. The first-order valence-corrected chi connectivity index (χ1v) is 9.83. The highest BCUT2D eigenvalue weighted by Crippen LogP contribution is 2.52. The van der Waals surface area contributed by atoms with Crippen molar-refractivity contribution < 1.29 is 4.84 Å². The Bertz CT molecular complexity index is 688. The fourth-order valence-electron chi connectivity index (χ4n) is 5.20. The maximum absolute atomic E-state index is 5.53. The quantitative estimate of drug-likeness (QED) is 0.368. The summed E-state index contributed by atoms with van der Waals surface area (Å²) in [4.78, 5) is 5.53. The lowest BCUT2D eigenvalue weighted by atomic mass is 9.54. The third-order valence-electron chi connectivity index (χ3n) is 6.60. The van der Waals surface area contributed by atoms with E-state index in [1.54, 1.807) is 6.08 Å². The summed E-state index contributed by atoms with van der Waals surface area (Å²) in [6, 6.07) is 4.85. The third-order valence-corrected chi connectivity index (χ3v) is 6.60. The average molecular weight is 340 g/mol. The molecule has 0 radical (unpaired) electrons. The summed E-state index contributed by atoms with van der Waals surface area (Å²) < 4.78 is 0. The molecule has 0 N–H and O–H groups in total. The molecule has 2 heteroatoms. The van der Waals surface area contributed by atoms with E-state index in [1.807, 2.05) is 0 Å². The van der Waals surface area contributed by atoms with Crippen LogP contribution in [0.2, 0.25) is 0 Å². The molecule has 0 saturated heterocycles. The first-order chi connectivity index (χ1) is 11.9. The van der Waals surface area contributed by atoms with E-state index < -0.39 is 0 Å². The van der Waals surface area contributed by atoms with Gasteiger partial charge in [0.25, 0.3) is 0 Å². The van der Waals surface area contributed by atoms with Gasteiger partial charge in [0.05, 0.1) is 5.71 Å². The standard InChI is InChI=1S/C23H33NO/c1-7-11-25-24-22-14-20-16(4)9-8-10-23(20,6)21-12-17(5)18(15(2)3)13-19(21)22/h7,12-13,15-16,20H,1,8-11,14H2,2-6H3/b24-22+. The van der Waals surface area contributed by atoms with Crippen molar-refractivity contribution in [1.82, 2.24) is 0 Å². The maximum Gasteiger partial charge on any atom is 0.135 e. The zero-order valence-electron chi connectivity index (χ0n) is 16.6. The van der Waals surface area contributed by atoms with Gasteiger partial charge < -0.3 is 4.84 Å². The highest BCUT2D eigenvalue weighted by molar-refractivity contribution is 6.03. The zero-order chi connectivity index (χ0) is 18.2. The number of hydrogen-bond donors (Lipinski definition) is 0. The number of hydrogen-bond acceptors (Lipinski definition) is 2. The van der Waals surface area contributed by atoms with Gasteiger partial charge in [-0.1, -0.05) is 64.4 Å². The number of fused-ring (bicyclic) bond motifs is 3. The predicted molar refractivity (Wildman–Crippen MR) is 106 cm³/mol. The molecule has 0 aromatic heterocycles. The van der Waals surface area contributed by atoms with Crippen LogP contribution in [0.4, 0.5) is 0 Å². The van der Waals surface area contributed by atoms with Gasteiger partial charge in [-0.3, -0.25) is 0 Å². The molecule has 1 aromatic rings. The van der Waals surface area contributed by atoms with Crippen LogP contribution in [0.5, 0.6) is 0 Å². The molecular weight excluding hydrogens is 306 g/mol. The lowest BCUT2D eigenvalue weighted by Crippen LogP contribution is -2.45. The fourth-order valence-corrected chi connectivity index (χ4v) is 5.20. The Balaban J connectivity index is 2.16. The number of benzene rings is 1. The van der Waals surface area contributed by atoms with Gasteiger partial charge in [-0.25, -0.2) is 0 Å². The molecule has 3 rings (SSSR count). The lowest BCUT2D eigenvalue weighted by molar-refractivity contribution is 0.133. The molecule has 1 saturated carbocycles. The van der Waals surface area contributed by atoms with Gasteiger partial charge in [-0.05, 0) is 65.7 Å². The lowest BCUT2D eigenvalue weighted by Gasteiger charge is -2.50. The Morgan fingerprint density at radius 3 is 2.84 bits per heavy atom. The van der Waals surface area contributed by atoms with Crippen molar-refractivity contribution >= 4 is 5.71 Å². The van der Waals surface area contributed by atoms with Crippen molar-refractivity contribution in [3.63, 3.8) is 0 Å². The van der Waals surface area contributed by atoms with Gasteiger partial charge in [0.2, 0.25) is 0 Å². The van der Waals surface area contributed by atoms with Crippen LogP contribution >= 0.6 is 0 Å². The Labute approximate surface area is 153 Å². The van der Waals surface area contributed by atoms with Crippen LogP contribution in [0, 0.1) is 18.8 Å². The van der Waals surface area contributed by atoms with Crippen molar-refractivity contribution in [1.29, 1.82) is 0 Å². The summed E-state index contributed by atoms with van der Waals surface area (Å²) in [5.41, 5.74) is 7.07. The normalized spacial score (nSPS) is 30.1. The molecular formula is C23H33NO. The molecule has 1 aromatic carbocycles. The smallest absolute Gasteiger partial charge is 0.135 e. The topological polar surface area (TPSA) is 21.6 Å². The summed E-state index contributed by atoms with van der Waals surface area (Å²) in [6.07, 6.45) is 6.74. The van der Waals surface area contributed by atoms with E-state index in [1.165, 1.54) is 41.5 Å². The van der Waals surface area contributed by atoms with Crippen LogP contribution in [0.25, 0.3) is 0 Å². The van der Waals surface area contributed by atoms with Gasteiger partial charge in [-0.15, -0.1) is 0 Å². The molecule has 2 aliphatic rings. The molecule has 1 fully saturated rings. The summed E-state index contributed by atoms with van der Waals surface area (Å²) >= 11 is 0. The number of oxime groups is 1.